The zero-order valence-corrected chi connectivity index (χ0v) is 14.8. The number of thiophene rings is 1. The molecule has 2 aliphatic rings. The molecule has 23 heavy (non-hydrogen) atoms. The van der Waals surface area contributed by atoms with Crippen LogP contribution < -0.4 is 10.6 Å². The molecule has 3 rings (SSSR count). The van der Waals surface area contributed by atoms with E-state index in [0.29, 0.717) is 19.4 Å². The Bertz CT molecular complexity index is 543. The highest BCUT2D eigenvalue weighted by Gasteiger charge is 2.22. The molecule has 0 bridgehead atoms. The van der Waals surface area contributed by atoms with Crippen molar-refractivity contribution in [3.63, 3.8) is 0 Å². The van der Waals surface area contributed by atoms with Crippen molar-refractivity contribution in [2.45, 2.75) is 44.7 Å². The molecule has 1 unspecified atom stereocenters. The van der Waals surface area contributed by atoms with Crippen LogP contribution in [0.2, 0.25) is 0 Å². The molecule has 1 saturated heterocycles. The molecule has 1 atom stereocenters. The lowest BCUT2D eigenvalue weighted by Gasteiger charge is -2.27. The predicted molar refractivity (Wildman–Crippen MR) is 94.0 cm³/mol. The molecule has 2 amide bonds. The van der Waals surface area contributed by atoms with Crippen molar-refractivity contribution in [1.29, 1.82) is 0 Å². The Hall–Kier alpha value is -1.11. The number of nitrogens with zero attached hydrogens (tertiary/aromatic N) is 1. The third-order valence-electron chi connectivity index (χ3n) is 4.39. The number of rotatable bonds is 4. The third-order valence-corrected chi connectivity index (χ3v) is 5.41. The molecule has 2 aliphatic heterocycles. The second-order valence-electron chi connectivity index (χ2n) is 6.05. The number of carbonyl (C=O) groups is 2. The Morgan fingerprint density at radius 3 is 3.04 bits per heavy atom. The molecule has 3 heterocycles. The lowest BCUT2D eigenvalue weighted by atomic mass is 10.1. The van der Waals surface area contributed by atoms with E-state index >= 15 is 0 Å². The number of fused-ring (bicyclic) bond motifs is 1. The van der Waals surface area contributed by atoms with Gasteiger partial charge in [0.15, 0.2) is 0 Å². The van der Waals surface area contributed by atoms with E-state index in [-0.39, 0.29) is 30.3 Å². The molecule has 128 valence electrons. The largest absolute Gasteiger partial charge is 0.352 e. The van der Waals surface area contributed by atoms with E-state index < -0.39 is 0 Å². The van der Waals surface area contributed by atoms with Gasteiger partial charge in [0.1, 0.15) is 0 Å². The summed E-state index contributed by atoms with van der Waals surface area (Å²) in [7, 11) is 0. The number of hydrogen-bond acceptors (Lipinski definition) is 4. The number of carbonyl (C=O) groups excluding carboxylic acids is 2. The smallest absolute Gasteiger partial charge is 0.223 e. The molecular weight excluding hydrogens is 334 g/mol. The molecule has 1 aromatic rings. The third kappa shape index (κ3) is 4.93. The summed E-state index contributed by atoms with van der Waals surface area (Å²) in [6, 6.07) is 2.32. The van der Waals surface area contributed by atoms with Crippen LogP contribution in [0.4, 0.5) is 0 Å². The van der Waals surface area contributed by atoms with Crippen LogP contribution in [0.15, 0.2) is 11.4 Å². The Labute approximate surface area is 147 Å². The minimum atomic E-state index is -0.00437. The van der Waals surface area contributed by atoms with Gasteiger partial charge in [-0.1, -0.05) is 0 Å². The molecule has 0 aliphatic carbocycles. The fourth-order valence-electron chi connectivity index (χ4n) is 3.11. The van der Waals surface area contributed by atoms with Crippen molar-refractivity contribution in [3.05, 3.63) is 21.9 Å². The van der Waals surface area contributed by atoms with Crippen LogP contribution in [0.1, 0.15) is 36.1 Å². The average Bonchev–Trinajstić information content (AvgIpc) is 3.01. The zero-order valence-electron chi connectivity index (χ0n) is 13.2. The topological polar surface area (TPSA) is 61.4 Å². The van der Waals surface area contributed by atoms with Gasteiger partial charge in [0.2, 0.25) is 11.8 Å². The van der Waals surface area contributed by atoms with Crippen LogP contribution in [0, 0.1) is 0 Å². The summed E-state index contributed by atoms with van der Waals surface area (Å²) in [6.45, 7) is 3.35. The Morgan fingerprint density at radius 2 is 2.26 bits per heavy atom. The lowest BCUT2D eigenvalue weighted by Crippen LogP contribution is -2.45. The van der Waals surface area contributed by atoms with Crippen LogP contribution in [0.5, 0.6) is 0 Å². The first-order chi connectivity index (χ1) is 10.7. The second-order valence-corrected chi connectivity index (χ2v) is 7.05. The van der Waals surface area contributed by atoms with E-state index in [0.717, 1.165) is 38.9 Å². The number of hydrogen-bond donors (Lipinski definition) is 2. The van der Waals surface area contributed by atoms with Crippen molar-refractivity contribution in [1.82, 2.24) is 15.5 Å². The van der Waals surface area contributed by atoms with Crippen LogP contribution in [0.3, 0.4) is 0 Å². The van der Waals surface area contributed by atoms with Gasteiger partial charge in [-0.05, 0) is 42.8 Å². The Kier molecular flexibility index (Phi) is 6.87. The van der Waals surface area contributed by atoms with Gasteiger partial charge in [0.05, 0.1) is 0 Å². The van der Waals surface area contributed by atoms with Crippen LogP contribution >= 0.6 is 23.7 Å². The Morgan fingerprint density at radius 1 is 1.39 bits per heavy atom. The van der Waals surface area contributed by atoms with Crippen molar-refractivity contribution in [2.75, 3.05) is 19.6 Å². The molecular formula is C16H24ClN3O2S. The van der Waals surface area contributed by atoms with Gasteiger partial charge < -0.3 is 15.5 Å². The van der Waals surface area contributed by atoms with E-state index in [9.17, 15) is 9.59 Å². The van der Waals surface area contributed by atoms with Crippen LogP contribution in [0.25, 0.3) is 0 Å². The monoisotopic (exact) mass is 357 g/mol. The molecule has 0 aromatic carbocycles. The fourth-order valence-corrected chi connectivity index (χ4v) is 4.00. The maximum Gasteiger partial charge on any atom is 0.223 e. The highest BCUT2D eigenvalue weighted by molar-refractivity contribution is 7.10. The molecule has 0 saturated carbocycles. The van der Waals surface area contributed by atoms with Crippen molar-refractivity contribution >= 4 is 35.6 Å². The van der Waals surface area contributed by atoms with Gasteiger partial charge >= 0.3 is 0 Å². The maximum atomic E-state index is 12.3. The highest BCUT2D eigenvalue weighted by atomic mass is 35.5. The summed E-state index contributed by atoms with van der Waals surface area (Å²) >= 11 is 1.77. The van der Waals surface area contributed by atoms with Gasteiger partial charge in [-0.2, -0.15) is 0 Å². The minimum absolute atomic E-state index is 0. The molecule has 0 radical (unpaired) electrons. The van der Waals surface area contributed by atoms with Gasteiger partial charge in [-0.25, -0.2) is 0 Å². The SMILES string of the molecule is Cl.O=C(CCC(=O)N1CCc2sccc2C1)NC1CCCNC1. The molecule has 2 N–H and O–H groups in total. The number of piperidine rings is 1. The standard InChI is InChI=1S/C16H23N3O2S.ClH/c20-15(18-13-2-1-7-17-10-13)3-4-16(21)19-8-5-14-12(11-19)6-9-22-14;/h6,9,13,17H,1-5,7-8,10-11H2,(H,18,20);1H. The molecule has 5 nitrogen and oxygen atoms in total. The highest BCUT2D eigenvalue weighted by Crippen LogP contribution is 2.24. The summed E-state index contributed by atoms with van der Waals surface area (Å²) in [5.41, 5.74) is 1.27. The van der Waals surface area contributed by atoms with E-state index in [1.54, 1.807) is 11.3 Å². The van der Waals surface area contributed by atoms with Crippen molar-refractivity contribution in [3.8, 4) is 0 Å². The van der Waals surface area contributed by atoms with Gasteiger partial charge in [0.25, 0.3) is 0 Å². The zero-order chi connectivity index (χ0) is 15.4. The summed E-state index contributed by atoms with van der Waals surface area (Å²) < 4.78 is 0. The lowest BCUT2D eigenvalue weighted by molar-refractivity contribution is -0.134. The summed E-state index contributed by atoms with van der Waals surface area (Å²) in [5, 5.41) is 8.38. The molecule has 1 aromatic heterocycles. The number of nitrogens with one attached hydrogen (secondary N) is 2. The van der Waals surface area contributed by atoms with Gasteiger partial charge in [-0.15, -0.1) is 23.7 Å². The first-order valence-corrected chi connectivity index (χ1v) is 8.93. The molecule has 1 fully saturated rings. The average molecular weight is 358 g/mol. The molecule has 7 heteroatoms. The molecule has 0 spiro atoms. The van der Waals surface area contributed by atoms with Crippen LogP contribution in [-0.4, -0.2) is 42.4 Å². The van der Waals surface area contributed by atoms with Crippen molar-refractivity contribution < 1.29 is 9.59 Å². The number of amides is 2. The van der Waals surface area contributed by atoms with Gasteiger partial charge in [0, 0.05) is 43.4 Å². The summed E-state index contributed by atoms with van der Waals surface area (Å²) in [6.07, 6.45) is 3.67. The summed E-state index contributed by atoms with van der Waals surface area (Å²) in [5.74, 6) is 0.0871. The van der Waals surface area contributed by atoms with E-state index in [1.165, 1.54) is 10.4 Å². The maximum absolute atomic E-state index is 12.3. The quantitative estimate of drug-likeness (QED) is 0.862. The van der Waals surface area contributed by atoms with E-state index in [2.05, 4.69) is 22.1 Å². The number of halogens is 1. The van der Waals surface area contributed by atoms with E-state index in [4.69, 9.17) is 0 Å². The second kappa shape index (κ2) is 8.66. The predicted octanol–water partition coefficient (Wildman–Crippen LogP) is 1.70. The first-order valence-electron chi connectivity index (χ1n) is 8.05. The van der Waals surface area contributed by atoms with Crippen LogP contribution in [-0.2, 0) is 22.6 Å². The Balaban J connectivity index is 0.00000192. The van der Waals surface area contributed by atoms with Crippen molar-refractivity contribution in [2.24, 2.45) is 0 Å². The first kappa shape index (κ1) is 18.2. The summed E-state index contributed by atoms with van der Waals surface area (Å²) in [4.78, 5) is 27.5. The fraction of sp³-hybridized carbons (Fsp3) is 0.625. The van der Waals surface area contributed by atoms with Gasteiger partial charge in [-0.3, -0.25) is 9.59 Å². The normalized spacial score (nSPS) is 20.3. The minimum Gasteiger partial charge on any atom is -0.352 e. The van der Waals surface area contributed by atoms with E-state index in [1.807, 2.05) is 4.90 Å².